The van der Waals surface area contributed by atoms with Crippen LogP contribution in [0, 0.1) is 5.92 Å². The Morgan fingerprint density at radius 1 is 1.17 bits per heavy atom. The predicted octanol–water partition coefficient (Wildman–Crippen LogP) is 1.67. The van der Waals surface area contributed by atoms with Gasteiger partial charge in [-0.2, -0.15) is 0 Å². The molecule has 1 aliphatic rings. The highest BCUT2D eigenvalue weighted by Crippen LogP contribution is 2.20. The zero-order valence-corrected chi connectivity index (χ0v) is 13.5. The standard InChI is InChI=1S/C13H30N2O2Si/c1-5-16-18(4,17-6-2)12-13(3)11-15-9-7-14-8-10-15/h13-14H,5-12H2,1-4H3. The number of nitrogens with one attached hydrogen (secondary N) is 1. The van der Waals surface area contributed by atoms with Crippen molar-refractivity contribution in [2.45, 2.75) is 33.4 Å². The molecular weight excluding hydrogens is 244 g/mol. The molecule has 0 spiro atoms. The van der Waals surface area contributed by atoms with E-state index in [0.29, 0.717) is 5.92 Å². The third-order valence-corrected chi connectivity index (χ3v) is 6.64. The van der Waals surface area contributed by atoms with Crippen molar-refractivity contribution >= 4 is 8.56 Å². The first-order chi connectivity index (χ1) is 8.59. The lowest BCUT2D eigenvalue weighted by Crippen LogP contribution is -2.47. The van der Waals surface area contributed by atoms with E-state index in [1.165, 1.54) is 19.6 Å². The Hall–Kier alpha value is 0.0569. The normalized spacial score (nSPS) is 20.0. The van der Waals surface area contributed by atoms with Gasteiger partial charge in [0.2, 0.25) is 0 Å². The van der Waals surface area contributed by atoms with Gasteiger partial charge in [-0.1, -0.05) is 6.92 Å². The van der Waals surface area contributed by atoms with Crippen molar-refractivity contribution in [3.8, 4) is 0 Å². The van der Waals surface area contributed by atoms with Gasteiger partial charge in [0.15, 0.2) is 0 Å². The first kappa shape index (κ1) is 16.1. The Labute approximate surface area is 113 Å². The second kappa shape index (κ2) is 8.27. The number of piperazine rings is 1. The number of hydrogen-bond acceptors (Lipinski definition) is 4. The van der Waals surface area contributed by atoms with Crippen LogP contribution in [0.15, 0.2) is 0 Å². The van der Waals surface area contributed by atoms with Gasteiger partial charge in [-0.25, -0.2) is 0 Å². The molecule has 1 fully saturated rings. The number of nitrogens with zero attached hydrogens (tertiary/aromatic N) is 1. The van der Waals surface area contributed by atoms with Crippen LogP contribution in [-0.4, -0.2) is 59.4 Å². The summed E-state index contributed by atoms with van der Waals surface area (Å²) in [5, 5.41) is 3.39. The summed E-state index contributed by atoms with van der Waals surface area (Å²) in [6.07, 6.45) is 0. The predicted molar refractivity (Wildman–Crippen MR) is 78.2 cm³/mol. The fourth-order valence-corrected chi connectivity index (χ4v) is 5.74. The van der Waals surface area contributed by atoms with Crippen LogP contribution in [-0.2, 0) is 8.85 Å². The summed E-state index contributed by atoms with van der Waals surface area (Å²) < 4.78 is 11.8. The van der Waals surface area contributed by atoms with E-state index in [4.69, 9.17) is 8.85 Å². The van der Waals surface area contributed by atoms with Crippen LogP contribution >= 0.6 is 0 Å². The van der Waals surface area contributed by atoms with Crippen molar-refractivity contribution in [2.75, 3.05) is 45.9 Å². The second-order valence-electron chi connectivity index (χ2n) is 5.36. The summed E-state index contributed by atoms with van der Waals surface area (Å²) in [6.45, 7) is 15.9. The fourth-order valence-electron chi connectivity index (χ4n) is 2.80. The van der Waals surface area contributed by atoms with Gasteiger partial charge >= 0.3 is 8.56 Å². The first-order valence-corrected chi connectivity index (χ1v) is 9.83. The van der Waals surface area contributed by atoms with E-state index in [2.05, 4.69) is 37.5 Å². The number of rotatable bonds is 8. The van der Waals surface area contributed by atoms with Crippen molar-refractivity contribution in [2.24, 2.45) is 5.92 Å². The summed E-state index contributed by atoms with van der Waals surface area (Å²) in [5.41, 5.74) is 0. The summed E-state index contributed by atoms with van der Waals surface area (Å²) in [5.74, 6) is 0.651. The molecule has 4 nitrogen and oxygen atoms in total. The van der Waals surface area contributed by atoms with Gasteiger partial charge in [0, 0.05) is 45.9 Å². The molecule has 0 aliphatic carbocycles. The van der Waals surface area contributed by atoms with Crippen LogP contribution in [0.4, 0.5) is 0 Å². The zero-order chi connectivity index (χ0) is 13.4. The molecule has 5 heteroatoms. The topological polar surface area (TPSA) is 33.7 Å². The molecule has 1 heterocycles. The van der Waals surface area contributed by atoms with Crippen molar-refractivity contribution in [3.05, 3.63) is 0 Å². The summed E-state index contributed by atoms with van der Waals surface area (Å²) in [4.78, 5) is 2.55. The average molecular weight is 274 g/mol. The lowest BCUT2D eigenvalue weighted by molar-refractivity contribution is 0.172. The van der Waals surface area contributed by atoms with Gasteiger partial charge in [-0.15, -0.1) is 0 Å². The smallest absolute Gasteiger partial charge is 0.335 e. The highest BCUT2D eigenvalue weighted by atomic mass is 28.4. The van der Waals surface area contributed by atoms with Gasteiger partial charge in [0.1, 0.15) is 0 Å². The van der Waals surface area contributed by atoms with Gasteiger partial charge in [-0.05, 0) is 32.4 Å². The Kier molecular flexibility index (Phi) is 7.40. The van der Waals surface area contributed by atoms with Crippen molar-refractivity contribution in [3.63, 3.8) is 0 Å². The summed E-state index contributed by atoms with van der Waals surface area (Å²) >= 11 is 0. The van der Waals surface area contributed by atoms with E-state index < -0.39 is 8.56 Å². The molecule has 1 aliphatic heterocycles. The van der Waals surface area contributed by atoms with Crippen molar-refractivity contribution < 1.29 is 8.85 Å². The maximum atomic E-state index is 5.92. The van der Waals surface area contributed by atoms with E-state index in [-0.39, 0.29) is 0 Å². The van der Waals surface area contributed by atoms with Crippen molar-refractivity contribution in [1.82, 2.24) is 10.2 Å². The molecule has 1 rings (SSSR count). The molecule has 0 bridgehead atoms. The van der Waals surface area contributed by atoms with Crippen LogP contribution in [0.3, 0.4) is 0 Å². The lowest BCUT2D eigenvalue weighted by atomic mass is 10.2. The van der Waals surface area contributed by atoms with Crippen LogP contribution in [0.25, 0.3) is 0 Å². The van der Waals surface area contributed by atoms with Crippen LogP contribution in [0.5, 0.6) is 0 Å². The molecule has 0 aromatic carbocycles. The third-order valence-electron chi connectivity index (χ3n) is 3.40. The van der Waals surface area contributed by atoms with E-state index in [1.807, 2.05) is 0 Å². The van der Waals surface area contributed by atoms with E-state index >= 15 is 0 Å². The molecule has 0 amide bonds. The fraction of sp³-hybridized carbons (Fsp3) is 1.00. The lowest BCUT2D eigenvalue weighted by Gasteiger charge is -2.33. The van der Waals surface area contributed by atoms with Gasteiger partial charge < -0.3 is 19.1 Å². The minimum atomic E-state index is -1.94. The minimum absolute atomic E-state index is 0.651. The molecule has 1 saturated heterocycles. The Morgan fingerprint density at radius 3 is 2.22 bits per heavy atom. The molecule has 1 N–H and O–H groups in total. The van der Waals surface area contributed by atoms with Crippen LogP contribution in [0.2, 0.25) is 12.6 Å². The molecule has 0 aromatic rings. The van der Waals surface area contributed by atoms with Crippen molar-refractivity contribution in [1.29, 1.82) is 0 Å². The van der Waals surface area contributed by atoms with Gasteiger partial charge in [-0.3, -0.25) is 0 Å². The molecule has 1 atom stereocenters. The highest BCUT2D eigenvalue weighted by molar-refractivity contribution is 6.66. The zero-order valence-electron chi connectivity index (χ0n) is 12.5. The Morgan fingerprint density at radius 2 is 1.72 bits per heavy atom. The van der Waals surface area contributed by atoms with Gasteiger partial charge in [0.25, 0.3) is 0 Å². The molecule has 1 unspecified atom stereocenters. The highest BCUT2D eigenvalue weighted by Gasteiger charge is 2.33. The molecule has 0 saturated carbocycles. The molecule has 0 aromatic heterocycles. The minimum Gasteiger partial charge on any atom is -0.395 e. The van der Waals surface area contributed by atoms with Gasteiger partial charge in [0.05, 0.1) is 0 Å². The van der Waals surface area contributed by atoms with E-state index in [1.54, 1.807) is 0 Å². The van der Waals surface area contributed by atoms with E-state index in [0.717, 1.165) is 32.3 Å². The average Bonchev–Trinajstić information content (AvgIpc) is 2.30. The van der Waals surface area contributed by atoms with Crippen LogP contribution in [0.1, 0.15) is 20.8 Å². The molecule has 108 valence electrons. The summed E-state index contributed by atoms with van der Waals surface area (Å²) in [7, 11) is -1.94. The quantitative estimate of drug-likeness (QED) is 0.683. The SMILES string of the molecule is CCO[Si](C)(CC(C)CN1CCNCC1)OCC. The summed E-state index contributed by atoms with van der Waals surface area (Å²) in [6, 6.07) is 1.10. The second-order valence-corrected chi connectivity index (χ2v) is 8.61. The third kappa shape index (κ3) is 5.80. The maximum absolute atomic E-state index is 5.92. The molecular formula is C13H30N2O2Si. The number of hydrogen-bond donors (Lipinski definition) is 1. The Balaban J connectivity index is 2.37. The largest absolute Gasteiger partial charge is 0.395 e. The molecule has 18 heavy (non-hydrogen) atoms. The van der Waals surface area contributed by atoms with E-state index in [9.17, 15) is 0 Å². The molecule has 0 radical (unpaired) electrons. The monoisotopic (exact) mass is 274 g/mol. The maximum Gasteiger partial charge on any atom is 0.335 e. The first-order valence-electron chi connectivity index (χ1n) is 7.30. The Bertz CT molecular complexity index is 217. The van der Waals surface area contributed by atoms with Crippen LogP contribution < -0.4 is 5.32 Å².